The quantitative estimate of drug-likeness (QED) is 0.305. The molecule has 2 aromatic carbocycles. The van der Waals surface area contributed by atoms with Crippen LogP contribution < -0.4 is 4.74 Å². The van der Waals surface area contributed by atoms with Crippen LogP contribution >= 0.6 is 0 Å². The van der Waals surface area contributed by atoms with Gasteiger partial charge in [0.15, 0.2) is 0 Å². The number of fused-ring (bicyclic) bond motifs is 3. The van der Waals surface area contributed by atoms with Crippen LogP contribution in [0.2, 0.25) is 0 Å². The van der Waals surface area contributed by atoms with E-state index >= 15 is 0 Å². The Kier molecular flexibility index (Phi) is 7.79. The van der Waals surface area contributed by atoms with E-state index in [9.17, 15) is 13.2 Å². The summed E-state index contributed by atoms with van der Waals surface area (Å²) in [5, 5.41) is 0. The van der Waals surface area contributed by atoms with Gasteiger partial charge in [-0.15, -0.1) is 0 Å². The van der Waals surface area contributed by atoms with Gasteiger partial charge in [0.25, 0.3) is 0 Å². The second kappa shape index (κ2) is 11.5. The molecule has 0 spiro atoms. The highest BCUT2D eigenvalue weighted by molar-refractivity contribution is 7.89. The fourth-order valence-electron chi connectivity index (χ4n) is 6.79. The van der Waals surface area contributed by atoms with Crippen LogP contribution in [0.25, 0.3) is 6.08 Å². The first kappa shape index (κ1) is 27.8. The number of sulfonamides is 1. The predicted molar refractivity (Wildman–Crippen MR) is 158 cm³/mol. The van der Waals surface area contributed by atoms with Gasteiger partial charge in [-0.3, -0.25) is 4.79 Å². The largest absolute Gasteiger partial charge is 0.497 e. The maximum absolute atomic E-state index is 14.2. The fraction of sp³-hybridized carbons (Fsp3) is 0.424. The lowest BCUT2D eigenvalue weighted by atomic mass is 9.64. The Morgan fingerprint density at radius 3 is 2.59 bits per heavy atom. The molecule has 1 heterocycles. The molecular formula is C33H38N2O5S. The van der Waals surface area contributed by atoms with Gasteiger partial charge < -0.3 is 14.1 Å². The lowest BCUT2D eigenvalue weighted by Crippen LogP contribution is -2.53. The first-order chi connectivity index (χ1) is 19.8. The number of furan rings is 1. The number of hydrogen-bond donors (Lipinski definition) is 0. The standard InChI is InChI=1S/C33H38N2O5S/c1-34(33(36)15-10-24-16-17-40-22-24)26-12-14-29-31(19-26)30-20-27(39-2)13-11-25(30)18-32(29)35(21-23-8-9-23)41(37,38)28-6-4-3-5-7-28/h3-7,10-11,13,15-17,20,22-23,26,29,31-32H,8-9,12,14,18-19,21H2,1-2H3/b15-10+/t26-,29-,31+,32-/m1/s1. The van der Waals surface area contributed by atoms with Crippen molar-refractivity contribution >= 4 is 22.0 Å². The molecule has 0 aliphatic heterocycles. The Morgan fingerprint density at radius 1 is 1.07 bits per heavy atom. The van der Waals surface area contributed by atoms with Crippen LogP contribution in [0.5, 0.6) is 5.75 Å². The minimum Gasteiger partial charge on any atom is -0.497 e. The summed E-state index contributed by atoms with van der Waals surface area (Å²) in [6, 6.07) is 16.8. The number of hydrogen-bond acceptors (Lipinski definition) is 5. The third-order valence-electron chi connectivity index (χ3n) is 9.26. The van der Waals surface area contributed by atoms with Crippen LogP contribution in [0.3, 0.4) is 0 Å². The van der Waals surface area contributed by atoms with E-state index in [0.717, 1.165) is 43.4 Å². The highest BCUT2D eigenvalue weighted by Gasteiger charge is 2.48. The zero-order chi connectivity index (χ0) is 28.6. The first-order valence-corrected chi connectivity index (χ1v) is 16.0. The molecule has 1 aromatic heterocycles. The number of benzene rings is 2. The second-order valence-electron chi connectivity index (χ2n) is 11.7. The number of rotatable bonds is 9. The van der Waals surface area contributed by atoms with Gasteiger partial charge in [-0.2, -0.15) is 4.31 Å². The fourth-order valence-corrected chi connectivity index (χ4v) is 8.56. The van der Waals surface area contributed by atoms with Crippen LogP contribution in [0, 0.1) is 11.8 Å². The molecule has 0 saturated heterocycles. The molecule has 41 heavy (non-hydrogen) atoms. The average Bonchev–Trinajstić information content (AvgIpc) is 3.68. The van der Waals surface area contributed by atoms with Gasteiger partial charge in [0.2, 0.25) is 15.9 Å². The van der Waals surface area contributed by atoms with E-state index in [1.54, 1.807) is 56.1 Å². The maximum atomic E-state index is 14.2. The number of carbonyl (C=O) groups is 1. The number of carbonyl (C=O) groups excluding carboxylic acids is 1. The second-order valence-corrected chi connectivity index (χ2v) is 13.6. The number of nitrogens with zero attached hydrogens (tertiary/aromatic N) is 2. The Balaban J connectivity index is 1.32. The van der Waals surface area contributed by atoms with E-state index in [1.165, 1.54) is 11.1 Å². The normalized spacial score (nSPS) is 24.2. The molecule has 0 N–H and O–H groups in total. The van der Waals surface area contributed by atoms with Gasteiger partial charge in [-0.05, 0) is 104 Å². The highest BCUT2D eigenvalue weighted by atomic mass is 32.2. The van der Waals surface area contributed by atoms with Crippen LogP contribution in [0.1, 0.15) is 54.7 Å². The number of ether oxygens (including phenoxy) is 1. The van der Waals surface area contributed by atoms with E-state index in [2.05, 4.69) is 12.1 Å². The van der Waals surface area contributed by atoms with Crippen LogP contribution in [0.4, 0.5) is 0 Å². The van der Waals surface area contributed by atoms with Gasteiger partial charge >= 0.3 is 0 Å². The summed E-state index contributed by atoms with van der Waals surface area (Å²) in [5.74, 6) is 1.47. The van der Waals surface area contributed by atoms with Crippen LogP contribution in [-0.2, 0) is 21.2 Å². The van der Waals surface area contributed by atoms with E-state index < -0.39 is 10.0 Å². The Morgan fingerprint density at radius 2 is 1.88 bits per heavy atom. The molecule has 216 valence electrons. The summed E-state index contributed by atoms with van der Waals surface area (Å²) >= 11 is 0. The zero-order valence-electron chi connectivity index (χ0n) is 23.7. The molecule has 7 nitrogen and oxygen atoms in total. The summed E-state index contributed by atoms with van der Waals surface area (Å²) in [7, 11) is -0.115. The van der Waals surface area contributed by atoms with Crippen molar-refractivity contribution in [3.8, 4) is 5.75 Å². The van der Waals surface area contributed by atoms with E-state index in [0.29, 0.717) is 23.8 Å². The molecular weight excluding hydrogens is 536 g/mol. The van der Waals surface area contributed by atoms with Crippen LogP contribution in [-0.4, -0.2) is 56.3 Å². The van der Waals surface area contributed by atoms with Crippen molar-refractivity contribution in [3.05, 3.63) is 89.9 Å². The van der Waals surface area contributed by atoms with E-state index in [1.807, 2.05) is 34.5 Å². The van der Waals surface area contributed by atoms with E-state index in [4.69, 9.17) is 9.15 Å². The molecule has 0 unspecified atom stereocenters. The third-order valence-corrected chi connectivity index (χ3v) is 11.2. The molecule has 6 rings (SSSR count). The Labute approximate surface area is 242 Å². The van der Waals surface area contributed by atoms with Crippen molar-refractivity contribution in [2.75, 3.05) is 20.7 Å². The molecule has 3 aliphatic rings. The minimum atomic E-state index is -3.67. The van der Waals surface area contributed by atoms with Crippen molar-refractivity contribution in [2.24, 2.45) is 11.8 Å². The smallest absolute Gasteiger partial charge is 0.246 e. The van der Waals surface area contributed by atoms with Crippen LogP contribution in [0.15, 0.2) is 82.5 Å². The number of methoxy groups -OCH3 is 1. The predicted octanol–water partition coefficient (Wildman–Crippen LogP) is 5.74. The first-order valence-electron chi connectivity index (χ1n) is 14.6. The Bertz CT molecular complexity index is 1500. The van der Waals surface area contributed by atoms with Crippen molar-refractivity contribution < 1.29 is 22.4 Å². The summed E-state index contributed by atoms with van der Waals surface area (Å²) in [6.07, 6.45) is 11.9. The lowest BCUT2D eigenvalue weighted by Gasteiger charge is -2.49. The van der Waals surface area contributed by atoms with E-state index in [-0.39, 0.29) is 29.8 Å². The molecule has 3 aromatic rings. The topological polar surface area (TPSA) is 80.1 Å². The SMILES string of the molecule is COc1ccc2c(c1)[C@H]1C[C@H](N(C)C(=O)/C=C/c3ccoc3)CC[C@H]1[C@H](N(CC1CC1)S(=O)(=O)c1ccccc1)C2. The van der Waals surface area contributed by atoms with Gasteiger partial charge in [-0.25, -0.2) is 8.42 Å². The molecule has 8 heteroatoms. The van der Waals surface area contributed by atoms with Crippen molar-refractivity contribution in [2.45, 2.75) is 61.4 Å². The molecule has 4 atom stereocenters. The summed E-state index contributed by atoms with van der Waals surface area (Å²) in [4.78, 5) is 15.3. The van der Waals surface area contributed by atoms with Crippen molar-refractivity contribution in [1.82, 2.24) is 9.21 Å². The van der Waals surface area contributed by atoms with Gasteiger partial charge in [0.1, 0.15) is 5.75 Å². The molecule has 2 saturated carbocycles. The molecule has 0 bridgehead atoms. The third kappa shape index (κ3) is 5.72. The molecule has 1 amide bonds. The average molecular weight is 575 g/mol. The van der Waals surface area contributed by atoms with Gasteiger partial charge in [-0.1, -0.05) is 24.3 Å². The highest BCUT2D eigenvalue weighted by Crippen LogP contribution is 2.50. The molecule has 3 aliphatic carbocycles. The summed E-state index contributed by atoms with van der Waals surface area (Å²) in [6.45, 7) is 0.567. The Hall–Kier alpha value is -3.36. The maximum Gasteiger partial charge on any atom is 0.246 e. The number of likely N-dealkylation sites (N-methyl/N-ethyl adjacent to an activating group) is 1. The summed E-state index contributed by atoms with van der Waals surface area (Å²) in [5.41, 5.74) is 3.26. The van der Waals surface area contributed by atoms with Gasteiger partial charge in [0.05, 0.1) is 24.5 Å². The minimum absolute atomic E-state index is 0.0464. The monoisotopic (exact) mass is 574 g/mol. The van der Waals surface area contributed by atoms with Crippen molar-refractivity contribution in [1.29, 1.82) is 0 Å². The van der Waals surface area contributed by atoms with Gasteiger partial charge in [0, 0.05) is 37.3 Å². The molecule has 2 fully saturated rings. The summed E-state index contributed by atoms with van der Waals surface area (Å²) < 4.78 is 40.9. The number of amides is 1. The molecule has 0 radical (unpaired) electrons. The zero-order valence-corrected chi connectivity index (χ0v) is 24.5. The van der Waals surface area contributed by atoms with Crippen molar-refractivity contribution in [3.63, 3.8) is 0 Å². The lowest BCUT2D eigenvalue weighted by molar-refractivity contribution is -0.127.